The molecule has 0 aromatic rings. The first-order valence-electron chi connectivity index (χ1n) is 21.0. The lowest BCUT2D eigenvalue weighted by Gasteiger charge is -2.45. The third kappa shape index (κ3) is 7.43. The predicted molar refractivity (Wildman–Crippen MR) is 224 cm³/mol. The van der Waals surface area contributed by atoms with Gasteiger partial charge in [0, 0.05) is 52.8 Å². The van der Waals surface area contributed by atoms with Crippen LogP contribution >= 0.6 is 0 Å². The maximum Gasteiger partial charge on any atom is 0.308 e. The number of allylic oxidation sites excluding steroid dienone is 12. The first-order chi connectivity index (χ1) is 29.6. The molecule has 3 saturated heterocycles. The molecule has 8 rings (SSSR count). The Balaban J connectivity index is 1.06. The molecule has 7 heterocycles. The lowest BCUT2D eigenvalue weighted by atomic mass is 9.86. The number of aliphatic hydroxyl groups is 8. The number of hydrogen-bond donors (Lipinski definition) is 9. The van der Waals surface area contributed by atoms with Crippen LogP contribution in [0.25, 0.3) is 0 Å². The van der Waals surface area contributed by atoms with Crippen LogP contribution in [-0.2, 0) is 23.7 Å². The van der Waals surface area contributed by atoms with Gasteiger partial charge in [0.2, 0.25) is 6.29 Å². The van der Waals surface area contributed by atoms with Gasteiger partial charge in [-0.1, -0.05) is 26.5 Å². The van der Waals surface area contributed by atoms with E-state index in [-0.39, 0.29) is 36.9 Å². The predicted octanol–water partition coefficient (Wildman–Crippen LogP) is 1.79. The van der Waals surface area contributed by atoms with Crippen molar-refractivity contribution in [3.63, 3.8) is 0 Å². The van der Waals surface area contributed by atoms with E-state index >= 15 is 0 Å². The van der Waals surface area contributed by atoms with E-state index in [0.29, 0.717) is 17.0 Å². The van der Waals surface area contributed by atoms with Crippen LogP contribution in [-0.4, -0.2) is 139 Å². The average Bonchev–Trinajstić information content (AvgIpc) is 4.01. The molecule has 3 fully saturated rings. The molecule has 0 unspecified atom stereocenters. The number of carbonyl (C=O) groups excluding carboxylic acids is 1. The van der Waals surface area contributed by atoms with Gasteiger partial charge in [0.25, 0.3) is 0 Å². The molecule has 0 saturated carbocycles. The van der Waals surface area contributed by atoms with Crippen LogP contribution < -0.4 is 5.32 Å². The van der Waals surface area contributed by atoms with E-state index in [4.69, 9.17) is 33.9 Å². The molecule has 0 amide bonds. The SMILES string of the molecule is C=CC1=C(C)C2=NC1=CC1=NC(=CC3=C(C)C4=C(O)CC(=C5NC(=C2)[C@@H](C)[C@@H]5CCC(=O)O[C@H]2O[C@H](CO)[C@@H](O[C@H]5O[C@H](CO)[C@H](O)[C@H](O)[C@H]5O)[C@H](O)[C@H]2O)C4=N3)C(CC)=C1C. The lowest BCUT2D eigenvalue weighted by molar-refractivity contribution is -0.355. The Morgan fingerprint density at radius 1 is 0.871 bits per heavy atom. The Labute approximate surface area is 358 Å². The molecule has 0 aromatic carbocycles. The second-order valence-corrected chi connectivity index (χ2v) is 16.8. The van der Waals surface area contributed by atoms with E-state index < -0.39 is 80.6 Å². The summed E-state index contributed by atoms with van der Waals surface area (Å²) in [6.45, 7) is 12.7. The van der Waals surface area contributed by atoms with E-state index in [1.807, 2.05) is 39.0 Å². The summed E-state index contributed by atoms with van der Waals surface area (Å²) in [6.07, 6.45) is -7.89. The molecule has 7 aliphatic heterocycles. The zero-order valence-corrected chi connectivity index (χ0v) is 35.1. The maximum atomic E-state index is 13.6. The zero-order valence-electron chi connectivity index (χ0n) is 35.1. The van der Waals surface area contributed by atoms with E-state index in [9.17, 15) is 45.6 Å². The number of ether oxygens (including phenoxy) is 4. The summed E-state index contributed by atoms with van der Waals surface area (Å²) in [6, 6.07) is 0. The Bertz CT molecular complexity index is 2310. The molecule has 12 atom stereocenters. The Morgan fingerprint density at radius 2 is 1.55 bits per heavy atom. The number of rotatable bonds is 10. The molecule has 332 valence electrons. The van der Waals surface area contributed by atoms with Gasteiger partial charge in [-0.15, -0.1) is 0 Å². The molecule has 1 aliphatic carbocycles. The van der Waals surface area contributed by atoms with Crippen molar-refractivity contribution in [2.45, 2.75) is 122 Å². The topological polar surface area (TPSA) is 265 Å². The van der Waals surface area contributed by atoms with Crippen LogP contribution in [0.2, 0.25) is 0 Å². The van der Waals surface area contributed by atoms with Crippen LogP contribution in [0, 0.1) is 11.8 Å². The van der Waals surface area contributed by atoms with Crippen molar-refractivity contribution in [2.24, 2.45) is 26.8 Å². The van der Waals surface area contributed by atoms with Gasteiger partial charge in [0.15, 0.2) is 6.29 Å². The fourth-order valence-corrected chi connectivity index (χ4v) is 9.50. The number of hydrogen-bond acceptors (Lipinski definition) is 17. The Kier molecular flexibility index (Phi) is 12.2. The van der Waals surface area contributed by atoms with Crippen LogP contribution in [0.1, 0.15) is 60.3 Å². The highest BCUT2D eigenvalue weighted by Gasteiger charge is 2.51. The Morgan fingerprint density at radius 3 is 2.24 bits per heavy atom. The third-order valence-electron chi connectivity index (χ3n) is 13.2. The molecular formula is C45H54N4O13. The monoisotopic (exact) mass is 858 g/mol. The van der Waals surface area contributed by atoms with Crippen molar-refractivity contribution in [3.05, 3.63) is 104 Å². The highest BCUT2D eigenvalue weighted by molar-refractivity contribution is 6.21. The van der Waals surface area contributed by atoms with Crippen LogP contribution in [0.4, 0.5) is 0 Å². The summed E-state index contributed by atoms with van der Waals surface area (Å²) < 4.78 is 22.3. The van der Waals surface area contributed by atoms with Gasteiger partial charge in [-0.25, -0.2) is 15.0 Å². The van der Waals surface area contributed by atoms with E-state index in [1.54, 1.807) is 6.08 Å². The van der Waals surface area contributed by atoms with Gasteiger partial charge in [-0.05, 0) is 74.1 Å². The number of esters is 1. The van der Waals surface area contributed by atoms with Gasteiger partial charge in [0.05, 0.1) is 47.4 Å². The van der Waals surface area contributed by atoms with Crippen molar-refractivity contribution in [1.29, 1.82) is 0 Å². The molecule has 0 radical (unpaired) electrons. The van der Waals surface area contributed by atoms with Crippen molar-refractivity contribution >= 4 is 23.1 Å². The van der Waals surface area contributed by atoms with Crippen LogP contribution in [0.5, 0.6) is 0 Å². The van der Waals surface area contributed by atoms with E-state index in [2.05, 4.69) is 25.7 Å². The summed E-state index contributed by atoms with van der Waals surface area (Å²) in [5.74, 6) is -1.07. The minimum atomic E-state index is -1.88. The number of aliphatic hydroxyl groups excluding tert-OH is 8. The number of aliphatic imine (C=N–C) groups is 3. The highest BCUT2D eigenvalue weighted by atomic mass is 16.7. The molecule has 17 heteroatoms. The fraction of sp³-hybridized carbons (Fsp3) is 0.511. The molecule has 0 spiro atoms. The molecule has 8 aliphatic rings. The minimum absolute atomic E-state index is 0.162. The van der Waals surface area contributed by atoms with Gasteiger partial charge in [0.1, 0.15) is 54.6 Å². The smallest absolute Gasteiger partial charge is 0.308 e. The number of nitrogens with one attached hydrogen (secondary N) is 1. The zero-order chi connectivity index (χ0) is 44.5. The Hall–Kier alpha value is -4.66. The first-order valence-corrected chi connectivity index (χ1v) is 21.0. The molecule has 0 aromatic heterocycles. The largest absolute Gasteiger partial charge is 0.511 e. The van der Waals surface area contributed by atoms with Crippen molar-refractivity contribution < 1.29 is 64.6 Å². The van der Waals surface area contributed by atoms with Crippen LogP contribution in [0.3, 0.4) is 0 Å². The fourth-order valence-electron chi connectivity index (χ4n) is 9.50. The second-order valence-electron chi connectivity index (χ2n) is 16.8. The highest BCUT2D eigenvalue weighted by Crippen LogP contribution is 2.47. The first kappa shape index (κ1) is 44.0. The van der Waals surface area contributed by atoms with Gasteiger partial charge in [-0.2, -0.15) is 0 Å². The summed E-state index contributed by atoms with van der Waals surface area (Å²) in [5.41, 5.74) is 12.3. The maximum absolute atomic E-state index is 13.6. The molecular weight excluding hydrogens is 805 g/mol. The summed E-state index contributed by atoms with van der Waals surface area (Å²) in [4.78, 5) is 28.8. The third-order valence-corrected chi connectivity index (χ3v) is 13.2. The van der Waals surface area contributed by atoms with Crippen molar-refractivity contribution in [3.8, 4) is 0 Å². The molecule has 17 nitrogen and oxygen atoms in total. The molecule has 8 bridgehead atoms. The number of fused-ring (bicyclic) bond motifs is 5. The normalized spacial score (nSPS) is 35.5. The van der Waals surface area contributed by atoms with E-state index in [1.165, 1.54) is 0 Å². The van der Waals surface area contributed by atoms with E-state index in [0.717, 1.165) is 74.1 Å². The average molecular weight is 859 g/mol. The van der Waals surface area contributed by atoms with Crippen LogP contribution in [0.15, 0.2) is 119 Å². The minimum Gasteiger partial charge on any atom is -0.511 e. The summed E-state index contributed by atoms with van der Waals surface area (Å²) in [7, 11) is 0. The molecule has 9 N–H and O–H groups in total. The summed E-state index contributed by atoms with van der Waals surface area (Å²) >= 11 is 0. The number of nitrogens with zero attached hydrogens (tertiary/aromatic N) is 3. The second kappa shape index (κ2) is 17.1. The molecule has 62 heavy (non-hydrogen) atoms. The van der Waals surface area contributed by atoms with Crippen molar-refractivity contribution in [2.75, 3.05) is 13.2 Å². The quantitative estimate of drug-likeness (QED) is 0.142. The van der Waals surface area contributed by atoms with Gasteiger partial charge in [-0.3, -0.25) is 4.79 Å². The van der Waals surface area contributed by atoms with Gasteiger partial charge >= 0.3 is 5.97 Å². The standard InChI is InChI=1S/C45H54N4O13/c1-7-21-17(3)25-12-27-19(5)23(9-10-34(53)61-44-42(58)40(56)43(33(16-51)60-44)62-45-41(57)39(55)38(54)32(15-50)59-45)36(48-27)24-11-31(52)35-20(6)28(49-37(24)35)14-30-22(8-2)18(4)26(47-30)13-29(21)46-25/h7,12-14,19,23,32-33,38-45,48,50-52,54-58H,1,8-11,15-16H2,2-6H3/t19-,23-,32+,33+,38-,39-,40+,41+,42+,43+,44+,45+/m0/s1. The number of carbonyl (C=O) groups is 1. The van der Waals surface area contributed by atoms with Gasteiger partial charge < -0.3 is 65.1 Å². The van der Waals surface area contributed by atoms with Crippen molar-refractivity contribution in [1.82, 2.24) is 5.32 Å². The summed E-state index contributed by atoms with van der Waals surface area (Å²) in [5, 5.41) is 87.7. The lowest BCUT2D eigenvalue weighted by Crippen LogP contribution is -2.64.